The molecule has 0 unspecified atom stereocenters. The van der Waals surface area contributed by atoms with Gasteiger partial charge in [-0.2, -0.15) is 0 Å². The van der Waals surface area contributed by atoms with Gasteiger partial charge < -0.3 is 15.0 Å². The van der Waals surface area contributed by atoms with Gasteiger partial charge in [-0.25, -0.2) is 0 Å². The molecule has 1 N–H and O–H groups in total. The Morgan fingerprint density at radius 1 is 1.08 bits per heavy atom. The maximum atomic E-state index is 12.6. The van der Waals surface area contributed by atoms with Crippen LogP contribution in [0.5, 0.6) is 0 Å². The summed E-state index contributed by atoms with van der Waals surface area (Å²) in [6.07, 6.45) is 0. The fourth-order valence-corrected chi connectivity index (χ4v) is 3.18. The normalized spacial score (nSPS) is 19.6. The second-order valence-corrected chi connectivity index (χ2v) is 6.69. The number of ether oxygens (including phenoxy) is 1. The van der Waals surface area contributed by atoms with Gasteiger partial charge in [-0.1, -0.05) is 67.6 Å². The Labute approximate surface area is 154 Å². The van der Waals surface area contributed by atoms with Gasteiger partial charge in [-0.05, 0) is 17.0 Å². The highest BCUT2D eigenvalue weighted by Gasteiger charge is 2.38. The van der Waals surface area contributed by atoms with Crippen LogP contribution in [0, 0.1) is 5.92 Å². The van der Waals surface area contributed by atoms with Crippen LogP contribution in [0.15, 0.2) is 60.7 Å². The van der Waals surface area contributed by atoms with E-state index in [9.17, 15) is 9.59 Å². The molecule has 2 atom stereocenters. The topological polar surface area (TPSA) is 58.6 Å². The van der Waals surface area contributed by atoms with Crippen LogP contribution >= 0.6 is 0 Å². The van der Waals surface area contributed by atoms with E-state index < -0.39 is 0 Å². The minimum absolute atomic E-state index is 0.000472. The standard InChI is InChI=1S/C21H24N2O3/c1-16-13-23(14-19(24)26-15-18-10-6-3-7-11-18)21(25)20(16)22-12-17-8-4-2-5-9-17/h2-11,16,20,22H,12-15H2,1H3/t16-,20+/m1/s1. The molecule has 1 fully saturated rings. The molecule has 5 nitrogen and oxygen atoms in total. The Hall–Kier alpha value is -2.66. The average Bonchev–Trinajstić information content (AvgIpc) is 2.93. The largest absolute Gasteiger partial charge is 0.459 e. The number of hydrogen-bond acceptors (Lipinski definition) is 4. The molecule has 5 heteroatoms. The summed E-state index contributed by atoms with van der Waals surface area (Å²) in [6.45, 7) is 3.45. The lowest BCUT2D eigenvalue weighted by Crippen LogP contribution is -2.41. The number of nitrogens with one attached hydrogen (secondary N) is 1. The van der Waals surface area contributed by atoms with Crippen molar-refractivity contribution in [3.63, 3.8) is 0 Å². The first-order chi connectivity index (χ1) is 12.6. The second-order valence-electron chi connectivity index (χ2n) is 6.69. The molecular formula is C21H24N2O3. The Morgan fingerprint density at radius 2 is 1.69 bits per heavy atom. The SMILES string of the molecule is C[C@@H]1CN(CC(=O)OCc2ccccc2)C(=O)[C@H]1NCc1ccccc1. The van der Waals surface area contributed by atoms with Crippen molar-refractivity contribution >= 4 is 11.9 Å². The summed E-state index contributed by atoms with van der Waals surface area (Å²) in [5, 5.41) is 3.32. The zero-order valence-electron chi connectivity index (χ0n) is 14.9. The van der Waals surface area contributed by atoms with E-state index in [4.69, 9.17) is 4.74 Å². The molecular weight excluding hydrogens is 328 g/mol. The summed E-state index contributed by atoms with van der Waals surface area (Å²) in [6, 6.07) is 19.2. The molecule has 0 radical (unpaired) electrons. The third-order valence-electron chi connectivity index (χ3n) is 4.59. The van der Waals surface area contributed by atoms with Gasteiger partial charge >= 0.3 is 5.97 Å². The Balaban J connectivity index is 1.48. The van der Waals surface area contributed by atoms with Crippen molar-refractivity contribution in [2.75, 3.05) is 13.1 Å². The van der Waals surface area contributed by atoms with Crippen LogP contribution in [0.1, 0.15) is 18.1 Å². The first-order valence-corrected chi connectivity index (χ1v) is 8.89. The quantitative estimate of drug-likeness (QED) is 0.777. The summed E-state index contributed by atoms with van der Waals surface area (Å²) >= 11 is 0. The van der Waals surface area contributed by atoms with Crippen LogP contribution in [0.25, 0.3) is 0 Å². The van der Waals surface area contributed by atoms with Crippen LogP contribution in [0.3, 0.4) is 0 Å². The number of amides is 1. The molecule has 1 aliphatic heterocycles. The summed E-state index contributed by atoms with van der Waals surface area (Å²) in [4.78, 5) is 26.3. The number of rotatable bonds is 7. The predicted octanol–water partition coefficient (Wildman–Crippen LogP) is 2.37. The summed E-state index contributed by atoms with van der Waals surface area (Å²) < 4.78 is 5.28. The molecule has 2 aromatic rings. The van der Waals surface area contributed by atoms with E-state index in [0.717, 1.165) is 11.1 Å². The van der Waals surface area contributed by atoms with Crippen LogP contribution < -0.4 is 5.32 Å². The van der Waals surface area contributed by atoms with Gasteiger partial charge in [-0.15, -0.1) is 0 Å². The summed E-state index contributed by atoms with van der Waals surface area (Å²) in [5.74, 6) is -0.267. The molecule has 1 saturated heterocycles. The van der Waals surface area contributed by atoms with Crippen LogP contribution in [-0.4, -0.2) is 35.9 Å². The highest BCUT2D eigenvalue weighted by atomic mass is 16.5. The zero-order valence-corrected chi connectivity index (χ0v) is 14.9. The van der Waals surface area contributed by atoms with Gasteiger partial charge in [0.1, 0.15) is 13.2 Å². The van der Waals surface area contributed by atoms with Crippen LogP contribution in [-0.2, 0) is 27.5 Å². The summed E-state index contributed by atoms with van der Waals surface area (Å²) in [7, 11) is 0. The highest BCUT2D eigenvalue weighted by Crippen LogP contribution is 2.18. The molecule has 26 heavy (non-hydrogen) atoms. The number of likely N-dealkylation sites (tertiary alicyclic amines) is 1. The van der Waals surface area contributed by atoms with Crippen molar-refractivity contribution in [2.45, 2.75) is 26.1 Å². The lowest BCUT2D eigenvalue weighted by molar-refractivity contribution is -0.149. The molecule has 2 aromatic carbocycles. The van der Waals surface area contributed by atoms with Crippen molar-refractivity contribution in [3.05, 3.63) is 71.8 Å². The van der Waals surface area contributed by atoms with Gasteiger partial charge in [0.2, 0.25) is 5.91 Å². The highest BCUT2D eigenvalue weighted by molar-refractivity contribution is 5.88. The van der Waals surface area contributed by atoms with E-state index in [0.29, 0.717) is 13.1 Å². The van der Waals surface area contributed by atoms with Crippen molar-refractivity contribution < 1.29 is 14.3 Å². The number of esters is 1. The van der Waals surface area contributed by atoms with Gasteiger partial charge in [0.05, 0.1) is 6.04 Å². The first-order valence-electron chi connectivity index (χ1n) is 8.89. The predicted molar refractivity (Wildman–Crippen MR) is 99.1 cm³/mol. The number of carbonyl (C=O) groups excluding carboxylic acids is 2. The number of hydrogen-bond donors (Lipinski definition) is 1. The average molecular weight is 352 g/mol. The van der Waals surface area contributed by atoms with Crippen LogP contribution in [0.2, 0.25) is 0 Å². The minimum atomic E-state index is -0.377. The molecule has 0 aromatic heterocycles. The fourth-order valence-electron chi connectivity index (χ4n) is 3.18. The molecule has 1 amide bonds. The van der Waals surface area contributed by atoms with E-state index >= 15 is 0 Å². The van der Waals surface area contributed by atoms with Gasteiger partial charge in [-0.3, -0.25) is 9.59 Å². The third kappa shape index (κ3) is 4.70. The van der Waals surface area contributed by atoms with E-state index in [1.807, 2.05) is 67.6 Å². The van der Waals surface area contributed by atoms with E-state index in [1.165, 1.54) is 0 Å². The van der Waals surface area contributed by atoms with Crippen molar-refractivity contribution in [1.29, 1.82) is 0 Å². The lowest BCUT2D eigenvalue weighted by atomic mass is 10.1. The van der Waals surface area contributed by atoms with Crippen LogP contribution in [0.4, 0.5) is 0 Å². The Kier molecular flexibility index (Phi) is 6.02. The Morgan fingerprint density at radius 3 is 2.35 bits per heavy atom. The number of nitrogens with zero attached hydrogens (tertiary/aromatic N) is 1. The van der Waals surface area contributed by atoms with Crippen molar-refractivity contribution in [2.24, 2.45) is 5.92 Å². The van der Waals surface area contributed by atoms with Gasteiger partial charge in [0, 0.05) is 13.1 Å². The maximum absolute atomic E-state index is 12.6. The molecule has 1 heterocycles. The van der Waals surface area contributed by atoms with Crippen molar-refractivity contribution in [3.8, 4) is 0 Å². The molecule has 1 aliphatic rings. The van der Waals surface area contributed by atoms with E-state index in [1.54, 1.807) is 4.90 Å². The first kappa shape index (κ1) is 18.1. The molecule has 0 spiro atoms. The summed E-state index contributed by atoms with van der Waals surface area (Å²) in [5.41, 5.74) is 2.07. The molecule has 0 saturated carbocycles. The third-order valence-corrected chi connectivity index (χ3v) is 4.59. The maximum Gasteiger partial charge on any atom is 0.325 e. The van der Waals surface area contributed by atoms with Gasteiger partial charge in [0.25, 0.3) is 0 Å². The molecule has 0 bridgehead atoms. The second kappa shape index (κ2) is 8.63. The van der Waals surface area contributed by atoms with Crippen molar-refractivity contribution in [1.82, 2.24) is 10.2 Å². The number of benzene rings is 2. The monoisotopic (exact) mass is 352 g/mol. The molecule has 0 aliphatic carbocycles. The molecule has 136 valence electrons. The smallest absolute Gasteiger partial charge is 0.325 e. The van der Waals surface area contributed by atoms with E-state index in [-0.39, 0.29) is 37.0 Å². The fraction of sp³-hybridized carbons (Fsp3) is 0.333. The number of carbonyl (C=O) groups is 2. The molecule has 3 rings (SSSR count). The zero-order chi connectivity index (χ0) is 18.4. The lowest BCUT2D eigenvalue weighted by Gasteiger charge is -2.16. The minimum Gasteiger partial charge on any atom is -0.459 e. The Bertz CT molecular complexity index is 733. The van der Waals surface area contributed by atoms with E-state index in [2.05, 4.69) is 5.32 Å². The van der Waals surface area contributed by atoms with Gasteiger partial charge in [0.15, 0.2) is 0 Å².